The van der Waals surface area contributed by atoms with Gasteiger partial charge in [0.1, 0.15) is 12.0 Å². The first kappa shape index (κ1) is 10.4. The van der Waals surface area contributed by atoms with Crippen molar-refractivity contribution in [1.82, 2.24) is 15.0 Å². The van der Waals surface area contributed by atoms with Gasteiger partial charge in [0.15, 0.2) is 11.6 Å². The van der Waals surface area contributed by atoms with Crippen molar-refractivity contribution in [1.29, 1.82) is 0 Å². The predicted octanol–water partition coefficient (Wildman–Crippen LogP) is 1.59. The first-order valence-corrected chi connectivity index (χ1v) is 4.84. The summed E-state index contributed by atoms with van der Waals surface area (Å²) in [5.74, 6) is 1.31. The van der Waals surface area contributed by atoms with Gasteiger partial charge in [-0.25, -0.2) is 9.97 Å². The Kier molecular flexibility index (Phi) is 2.95. The third kappa shape index (κ3) is 1.79. The van der Waals surface area contributed by atoms with Gasteiger partial charge in [0.05, 0.1) is 7.11 Å². The lowest BCUT2D eigenvalue weighted by molar-refractivity contribution is 0.415. The molecule has 16 heavy (non-hydrogen) atoms. The number of hydrogen-bond acceptors (Lipinski definition) is 5. The number of nitrogens with one attached hydrogen (secondary N) is 1. The Bertz CT molecular complexity index is 473. The van der Waals surface area contributed by atoms with Gasteiger partial charge in [-0.05, 0) is 12.1 Å². The summed E-state index contributed by atoms with van der Waals surface area (Å²) in [5.41, 5.74) is 1.70. The van der Waals surface area contributed by atoms with Crippen LogP contribution in [0.4, 0.5) is 5.82 Å². The molecule has 2 aromatic heterocycles. The molecule has 0 saturated heterocycles. The van der Waals surface area contributed by atoms with Crippen LogP contribution in [0.2, 0.25) is 0 Å². The fourth-order valence-corrected chi connectivity index (χ4v) is 1.46. The molecule has 5 heteroatoms. The van der Waals surface area contributed by atoms with E-state index < -0.39 is 0 Å². The summed E-state index contributed by atoms with van der Waals surface area (Å²) < 4.78 is 5.31. The first-order valence-electron chi connectivity index (χ1n) is 4.84. The van der Waals surface area contributed by atoms with Gasteiger partial charge in [0, 0.05) is 25.0 Å². The number of hydrogen-bond donors (Lipinski definition) is 1. The molecule has 2 aromatic rings. The summed E-state index contributed by atoms with van der Waals surface area (Å²) in [7, 11) is 3.39. The summed E-state index contributed by atoms with van der Waals surface area (Å²) in [4.78, 5) is 12.3. The highest BCUT2D eigenvalue weighted by molar-refractivity contribution is 5.71. The molecule has 0 spiro atoms. The third-order valence-corrected chi connectivity index (χ3v) is 2.20. The fraction of sp³-hybridized carbons (Fsp3) is 0.182. The van der Waals surface area contributed by atoms with Crippen molar-refractivity contribution in [2.75, 3.05) is 19.5 Å². The monoisotopic (exact) mass is 216 g/mol. The molecule has 0 atom stereocenters. The summed E-state index contributed by atoms with van der Waals surface area (Å²) in [6.07, 6.45) is 4.94. The zero-order chi connectivity index (χ0) is 11.4. The number of pyridine rings is 1. The molecule has 5 nitrogen and oxygen atoms in total. The average Bonchev–Trinajstić information content (AvgIpc) is 2.38. The molecule has 0 radical (unpaired) electrons. The molecule has 0 saturated carbocycles. The average molecular weight is 216 g/mol. The molecule has 0 amide bonds. The molecule has 2 heterocycles. The van der Waals surface area contributed by atoms with Crippen LogP contribution in [0.1, 0.15) is 0 Å². The Morgan fingerprint density at radius 1 is 1.19 bits per heavy atom. The quantitative estimate of drug-likeness (QED) is 0.844. The molecule has 0 unspecified atom stereocenters. The highest BCUT2D eigenvalue weighted by atomic mass is 16.5. The highest BCUT2D eigenvalue weighted by Gasteiger charge is 2.12. The number of rotatable bonds is 3. The molecular weight excluding hydrogens is 204 g/mol. The normalized spacial score (nSPS) is 9.88. The molecule has 2 rings (SSSR count). The van der Waals surface area contributed by atoms with Crippen LogP contribution in [0.3, 0.4) is 0 Å². The van der Waals surface area contributed by atoms with Crippen molar-refractivity contribution in [3.8, 4) is 17.0 Å². The Morgan fingerprint density at radius 2 is 1.94 bits per heavy atom. The minimum Gasteiger partial charge on any atom is -0.491 e. The van der Waals surface area contributed by atoms with Crippen LogP contribution in [0.25, 0.3) is 11.3 Å². The van der Waals surface area contributed by atoms with E-state index >= 15 is 0 Å². The van der Waals surface area contributed by atoms with Crippen LogP contribution in [0.15, 0.2) is 30.9 Å². The van der Waals surface area contributed by atoms with Crippen molar-refractivity contribution in [3.05, 3.63) is 30.9 Å². The van der Waals surface area contributed by atoms with Crippen molar-refractivity contribution < 1.29 is 4.74 Å². The van der Waals surface area contributed by atoms with Crippen LogP contribution >= 0.6 is 0 Å². The Balaban J connectivity index is 2.57. The maximum atomic E-state index is 5.31. The molecular formula is C11H12N4O. The number of nitrogens with zero attached hydrogens (tertiary/aromatic N) is 3. The van der Waals surface area contributed by atoms with E-state index in [4.69, 9.17) is 4.74 Å². The molecule has 0 aromatic carbocycles. The molecule has 1 N–H and O–H groups in total. The van der Waals surface area contributed by atoms with E-state index in [1.807, 2.05) is 12.1 Å². The van der Waals surface area contributed by atoms with Gasteiger partial charge in [-0.1, -0.05) is 0 Å². The standard InChI is InChI=1S/C11H12N4O/c1-12-11-10(16-2)9(14-7-15-11)8-3-5-13-6-4-8/h3-7H,1-2H3,(H,12,14,15). The van der Waals surface area contributed by atoms with Crippen LogP contribution in [-0.4, -0.2) is 29.1 Å². The van der Waals surface area contributed by atoms with Gasteiger partial charge in [-0.2, -0.15) is 0 Å². The van der Waals surface area contributed by atoms with Crippen molar-refractivity contribution in [2.24, 2.45) is 0 Å². The van der Waals surface area contributed by atoms with Gasteiger partial charge in [0.2, 0.25) is 0 Å². The molecule has 0 fully saturated rings. The number of methoxy groups -OCH3 is 1. The minimum atomic E-state index is 0.635. The number of ether oxygens (including phenoxy) is 1. The minimum absolute atomic E-state index is 0.635. The maximum Gasteiger partial charge on any atom is 0.187 e. The molecule has 0 aliphatic rings. The number of aromatic nitrogens is 3. The van der Waals surface area contributed by atoms with Gasteiger partial charge >= 0.3 is 0 Å². The zero-order valence-electron chi connectivity index (χ0n) is 9.14. The number of anilines is 1. The van der Waals surface area contributed by atoms with E-state index in [2.05, 4.69) is 20.3 Å². The van der Waals surface area contributed by atoms with E-state index in [0.29, 0.717) is 11.6 Å². The van der Waals surface area contributed by atoms with Crippen molar-refractivity contribution in [2.45, 2.75) is 0 Å². The van der Waals surface area contributed by atoms with E-state index in [1.54, 1.807) is 26.6 Å². The van der Waals surface area contributed by atoms with Gasteiger partial charge in [0.25, 0.3) is 0 Å². The third-order valence-electron chi connectivity index (χ3n) is 2.20. The Labute approximate surface area is 93.5 Å². The summed E-state index contributed by atoms with van der Waals surface area (Å²) in [5, 5.41) is 2.96. The van der Waals surface area contributed by atoms with E-state index in [1.165, 1.54) is 6.33 Å². The molecule has 0 bridgehead atoms. The zero-order valence-corrected chi connectivity index (χ0v) is 9.14. The molecule has 82 valence electrons. The second kappa shape index (κ2) is 4.57. The second-order valence-electron chi connectivity index (χ2n) is 3.09. The summed E-state index contributed by atoms with van der Waals surface area (Å²) in [6, 6.07) is 3.76. The summed E-state index contributed by atoms with van der Waals surface area (Å²) in [6.45, 7) is 0. The fourth-order valence-electron chi connectivity index (χ4n) is 1.46. The first-order chi connectivity index (χ1) is 7.86. The molecule has 0 aliphatic heterocycles. The van der Waals surface area contributed by atoms with Crippen LogP contribution in [-0.2, 0) is 0 Å². The predicted molar refractivity (Wildman–Crippen MR) is 61.4 cm³/mol. The molecule has 0 aliphatic carbocycles. The van der Waals surface area contributed by atoms with Crippen molar-refractivity contribution >= 4 is 5.82 Å². The SMILES string of the molecule is CNc1ncnc(-c2ccncc2)c1OC. The van der Waals surface area contributed by atoms with Gasteiger partial charge < -0.3 is 10.1 Å². The van der Waals surface area contributed by atoms with Crippen LogP contribution < -0.4 is 10.1 Å². The largest absolute Gasteiger partial charge is 0.491 e. The smallest absolute Gasteiger partial charge is 0.187 e. The van der Waals surface area contributed by atoms with Gasteiger partial charge in [-0.3, -0.25) is 4.98 Å². The maximum absolute atomic E-state index is 5.31. The van der Waals surface area contributed by atoms with E-state index in [9.17, 15) is 0 Å². The highest BCUT2D eigenvalue weighted by Crippen LogP contribution is 2.31. The lowest BCUT2D eigenvalue weighted by Crippen LogP contribution is -2.00. The summed E-state index contributed by atoms with van der Waals surface area (Å²) >= 11 is 0. The van der Waals surface area contributed by atoms with E-state index in [-0.39, 0.29) is 0 Å². The van der Waals surface area contributed by atoms with E-state index in [0.717, 1.165) is 11.3 Å². The topological polar surface area (TPSA) is 59.9 Å². The van der Waals surface area contributed by atoms with Gasteiger partial charge in [-0.15, -0.1) is 0 Å². The van der Waals surface area contributed by atoms with Crippen LogP contribution in [0, 0.1) is 0 Å². The second-order valence-corrected chi connectivity index (χ2v) is 3.09. The Hall–Kier alpha value is -2.17. The van der Waals surface area contributed by atoms with Crippen molar-refractivity contribution in [3.63, 3.8) is 0 Å². The lowest BCUT2D eigenvalue weighted by atomic mass is 10.2. The Morgan fingerprint density at radius 3 is 2.56 bits per heavy atom. The lowest BCUT2D eigenvalue weighted by Gasteiger charge is -2.10. The van der Waals surface area contributed by atoms with Crippen LogP contribution in [0.5, 0.6) is 5.75 Å².